The van der Waals surface area contributed by atoms with E-state index in [4.69, 9.17) is 11.5 Å². The van der Waals surface area contributed by atoms with Crippen molar-refractivity contribution < 1.29 is 29.1 Å². The Morgan fingerprint density at radius 2 is 1.78 bits per heavy atom. The molecule has 0 bridgehead atoms. The van der Waals surface area contributed by atoms with Crippen LogP contribution in [0.15, 0.2) is 4.99 Å². The van der Waals surface area contributed by atoms with Gasteiger partial charge in [-0.05, 0) is 38.0 Å². The maximum Gasteiger partial charge on any atom is 0.305 e. The van der Waals surface area contributed by atoms with Crippen molar-refractivity contribution in [3.05, 3.63) is 0 Å². The van der Waals surface area contributed by atoms with E-state index in [2.05, 4.69) is 15.6 Å². The van der Waals surface area contributed by atoms with Gasteiger partial charge in [-0.15, -0.1) is 0 Å². The molecule has 12 heteroatoms. The molecule has 7 N–H and O–H groups in total. The average Bonchev–Trinajstić information content (AvgIpc) is 3.34. The predicted molar refractivity (Wildman–Crippen MR) is 133 cm³/mol. The van der Waals surface area contributed by atoms with Crippen LogP contribution in [0, 0.1) is 5.92 Å². The summed E-state index contributed by atoms with van der Waals surface area (Å²) in [5, 5.41) is 14.6. The van der Waals surface area contributed by atoms with Gasteiger partial charge in [-0.3, -0.25) is 24.2 Å². The molecule has 2 rings (SSSR count). The minimum atomic E-state index is -1.25. The van der Waals surface area contributed by atoms with Crippen molar-refractivity contribution in [2.45, 2.75) is 95.2 Å². The van der Waals surface area contributed by atoms with E-state index < -0.39 is 42.3 Å². The lowest BCUT2D eigenvalue weighted by atomic mass is 9.86. The third kappa shape index (κ3) is 9.82. The van der Waals surface area contributed by atoms with Crippen molar-refractivity contribution in [2.24, 2.45) is 22.4 Å². The van der Waals surface area contributed by atoms with Crippen LogP contribution in [0.5, 0.6) is 0 Å². The summed E-state index contributed by atoms with van der Waals surface area (Å²) in [5.41, 5.74) is 10.5. The number of nitrogens with one attached hydrogen (secondary N) is 2. The van der Waals surface area contributed by atoms with E-state index in [1.807, 2.05) is 0 Å². The number of nitrogens with two attached hydrogens (primary N) is 2. The molecular formula is C24H40N6O6. The van der Waals surface area contributed by atoms with Gasteiger partial charge < -0.3 is 36.9 Å². The molecule has 0 spiro atoms. The highest BCUT2D eigenvalue weighted by Gasteiger charge is 2.38. The third-order valence-electron chi connectivity index (χ3n) is 6.81. The summed E-state index contributed by atoms with van der Waals surface area (Å²) in [7, 11) is 0. The first kappa shape index (κ1) is 29.1. The summed E-state index contributed by atoms with van der Waals surface area (Å²) in [6, 6.07) is -2.86. The summed E-state index contributed by atoms with van der Waals surface area (Å²) in [5.74, 6) is -2.24. The summed E-state index contributed by atoms with van der Waals surface area (Å²) >= 11 is 0. The van der Waals surface area contributed by atoms with E-state index in [1.54, 1.807) is 0 Å². The smallest absolute Gasteiger partial charge is 0.305 e. The number of nitrogens with zero attached hydrogens (tertiary/aromatic N) is 2. The third-order valence-corrected chi connectivity index (χ3v) is 6.81. The highest BCUT2D eigenvalue weighted by molar-refractivity contribution is 5.95. The first-order valence-electron chi connectivity index (χ1n) is 12.8. The molecule has 202 valence electrons. The number of hydrogen-bond donors (Lipinski definition) is 5. The van der Waals surface area contributed by atoms with Gasteiger partial charge >= 0.3 is 5.97 Å². The maximum atomic E-state index is 13.2. The molecule has 0 aromatic heterocycles. The molecule has 2 fully saturated rings. The fourth-order valence-electron chi connectivity index (χ4n) is 4.93. The van der Waals surface area contributed by atoms with E-state index in [9.17, 15) is 29.1 Å². The number of carbonyl (C=O) groups is 5. The molecule has 1 saturated heterocycles. The SMILES string of the molecule is NC(N)=NCCC[C@@H](C=O)NC(=O)C1CCCN1C(=O)C(CC(=O)O)NC(=O)CCC1CCCCC1. The normalized spacial score (nSPS) is 19.7. The Morgan fingerprint density at radius 3 is 2.42 bits per heavy atom. The van der Waals surface area contributed by atoms with Crippen molar-refractivity contribution in [1.82, 2.24) is 15.5 Å². The number of rotatable bonds is 14. The average molecular weight is 509 g/mol. The summed E-state index contributed by atoms with van der Waals surface area (Å²) in [6.07, 6.45) is 8.44. The number of carboxylic acids is 1. The second-order valence-electron chi connectivity index (χ2n) is 9.65. The molecule has 3 amide bonds. The molecule has 3 atom stereocenters. The molecule has 36 heavy (non-hydrogen) atoms. The minimum Gasteiger partial charge on any atom is -0.481 e. The fraction of sp³-hybridized carbons (Fsp3) is 0.750. The summed E-state index contributed by atoms with van der Waals surface area (Å²) in [6.45, 7) is 0.578. The zero-order chi connectivity index (χ0) is 26.5. The zero-order valence-electron chi connectivity index (χ0n) is 20.8. The molecule has 0 aromatic carbocycles. The first-order valence-corrected chi connectivity index (χ1v) is 12.8. The first-order chi connectivity index (χ1) is 17.2. The van der Waals surface area contributed by atoms with E-state index in [0.29, 0.717) is 50.9 Å². The number of aliphatic carboxylic acids is 1. The van der Waals surface area contributed by atoms with Gasteiger partial charge in [-0.1, -0.05) is 32.1 Å². The van der Waals surface area contributed by atoms with Gasteiger partial charge in [-0.2, -0.15) is 0 Å². The van der Waals surface area contributed by atoms with E-state index in [0.717, 1.165) is 25.7 Å². The van der Waals surface area contributed by atoms with Crippen LogP contribution in [0.2, 0.25) is 0 Å². The van der Waals surface area contributed by atoms with E-state index >= 15 is 0 Å². The van der Waals surface area contributed by atoms with Crippen molar-refractivity contribution in [1.29, 1.82) is 0 Å². The quantitative estimate of drug-likeness (QED) is 0.0937. The molecule has 1 heterocycles. The van der Waals surface area contributed by atoms with E-state index in [-0.39, 0.29) is 24.8 Å². The topological polar surface area (TPSA) is 197 Å². The van der Waals surface area contributed by atoms with Crippen molar-refractivity contribution >= 4 is 35.9 Å². The lowest BCUT2D eigenvalue weighted by Gasteiger charge is -2.29. The molecule has 1 saturated carbocycles. The molecule has 0 radical (unpaired) electrons. The number of carbonyl (C=O) groups excluding carboxylic acids is 4. The fourth-order valence-corrected chi connectivity index (χ4v) is 4.93. The lowest BCUT2D eigenvalue weighted by molar-refractivity contribution is -0.146. The van der Waals surface area contributed by atoms with Gasteiger partial charge in [0.25, 0.3) is 0 Å². The molecule has 2 unspecified atom stereocenters. The van der Waals surface area contributed by atoms with Crippen LogP contribution < -0.4 is 22.1 Å². The van der Waals surface area contributed by atoms with Crippen LogP contribution in [-0.2, 0) is 24.0 Å². The Kier molecular flexibility index (Phi) is 12.1. The highest BCUT2D eigenvalue weighted by atomic mass is 16.4. The number of hydrogen-bond acceptors (Lipinski definition) is 6. The Morgan fingerprint density at radius 1 is 1.06 bits per heavy atom. The Bertz CT molecular complexity index is 809. The Hall–Kier alpha value is -3.18. The number of aldehydes is 1. The van der Waals surface area contributed by atoms with Gasteiger partial charge in [0.2, 0.25) is 17.7 Å². The van der Waals surface area contributed by atoms with Crippen LogP contribution in [0.25, 0.3) is 0 Å². The Balaban J connectivity index is 1.95. The standard InChI is InChI=1S/C24H40N6O6/c25-24(26)27-12-4-8-17(15-31)28-22(35)19-9-5-13-30(19)23(36)18(14-21(33)34)29-20(32)11-10-16-6-2-1-3-7-16/h15-19H,1-14H2,(H,28,35)(H,29,32)(H,33,34)(H4,25,26,27)/t17-,18?,19?/m0/s1. The van der Waals surface area contributed by atoms with Gasteiger partial charge in [0, 0.05) is 19.5 Å². The van der Waals surface area contributed by atoms with Crippen LogP contribution in [-0.4, -0.2) is 77.2 Å². The van der Waals surface area contributed by atoms with E-state index in [1.165, 1.54) is 11.3 Å². The molecule has 1 aliphatic carbocycles. The van der Waals surface area contributed by atoms with Gasteiger partial charge in [0.1, 0.15) is 18.4 Å². The largest absolute Gasteiger partial charge is 0.481 e. The summed E-state index contributed by atoms with van der Waals surface area (Å²) < 4.78 is 0. The Labute approximate surface area is 211 Å². The van der Waals surface area contributed by atoms with Crippen LogP contribution in [0.1, 0.15) is 77.0 Å². The van der Waals surface area contributed by atoms with Gasteiger partial charge in [0.05, 0.1) is 12.5 Å². The summed E-state index contributed by atoms with van der Waals surface area (Å²) in [4.78, 5) is 66.7. The van der Waals surface area contributed by atoms with Crippen LogP contribution in [0.3, 0.4) is 0 Å². The predicted octanol–water partition coefficient (Wildman–Crippen LogP) is 0.0347. The number of carboxylic acid groups (broad SMARTS) is 1. The second-order valence-corrected chi connectivity index (χ2v) is 9.65. The molecule has 1 aliphatic heterocycles. The van der Waals surface area contributed by atoms with Gasteiger partial charge in [-0.25, -0.2) is 0 Å². The number of amides is 3. The van der Waals surface area contributed by atoms with Crippen molar-refractivity contribution in [3.63, 3.8) is 0 Å². The minimum absolute atomic E-state index is 0.0567. The maximum absolute atomic E-state index is 13.2. The molecule has 0 aromatic rings. The van der Waals surface area contributed by atoms with Gasteiger partial charge in [0.15, 0.2) is 5.96 Å². The molecule has 2 aliphatic rings. The number of guanidine groups is 1. The second kappa shape index (κ2) is 15.0. The van der Waals surface area contributed by atoms with Crippen molar-refractivity contribution in [2.75, 3.05) is 13.1 Å². The monoisotopic (exact) mass is 508 g/mol. The number of likely N-dealkylation sites (tertiary alicyclic amines) is 1. The lowest BCUT2D eigenvalue weighted by Crippen LogP contribution is -2.55. The van der Waals surface area contributed by atoms with Crippen LogP contribution >= 0.6 is 0 Å². The van der Waals surface area contributed by atoms with Crippen LogP contribution in [0.4, 0.5) is 0 Å². The highest BCUT2D eigenvalue weighted by Crippen LogP contribution is 2.27. The van der Waals surface area contributed by atoms with Crippen molar-refractivity contribution in [3.8, 4) is 0 Å². The number of aliphatic imine (C=N–C) groups is 1. The molecular weight excluding hydrogens is 468 g/mol. The zero-order valence-corrected chi connectivity index (χ0v) is 20.8. The molecule has 12 nitrogen and oxygen atoms in total.